The minimum Gasteiger partial charge on any atom is -0.426 e. The molecule has 0 spiro atoms. The molecule has 44 heteroatoms. The third kappa shape index (κ3) is 19.4. The molecule has 0 fully saturated rings. The standard InChI is InChI=1S/C51H55F39O2S3/c1-2-3-4-5-6-7-8-9-10-11-12-13-14-15-16-17-32(91)92-33-30(27-94-22-19-35(54,55)38(60,61)41(66,67)44(72,73)47(78,79)50(85,86)87)24-29(26-93-21-18-34(52,53)37(58,59)40(64,65)43(70,71)46(76,77)49(82,83)84)25-31(33)28-95-23-20-36(56,57)39(62,63)42(68,69)45(74,75)48(80,81)51(88,89)90/h24-25H,2-23,26-28H2,1H3. The summed E-state index contributed by atoms with van der Waals surface area (Å²) in [6.45, 7) is 2.05. The molecule has 2 nitrogen and oxygen atoms in total. The molecule has 1 aromatic carbocycles. The fourth-order valence-electron chi connectivity index (χ4n) is 8.09. The largest absolute Gasteiger partial charge is 0.460 e. The first kappa shape index (κ1) is 90.0. The first-order valence-corrected chi connectivity index (χ1v) is 30.8. The molecule has 0 bridgehead atoms. The number of unbranched alkanes of at least 4 members (excludes halogenated alkanes) is 14. The first-order valence-electron chi connectivity index (χ1n) is 27.3. The molecule has 1 aromatic rings. The van der Waals surface area contributed by atoms with Gasteiger partial charge in [0.05, 0.1) is 0 Å². The summed E-state index contributed by atoms with van der Waals surface area (Å²) in [4.78, 5) is 13.3. The lowest BCUT2D eigenvalue weighted by Gasteiger charge is -2.39. The maximum atomic E-state index is 14.8. The van der Waals surface area contributed by atoms with Crippen molar-refractivity contribution < 1.29 is 181 Å². The lowest BCUT2D eigenvalue weighted by atomic mass is 9.93. The summed E-state index contributed by atoms with van der Waals surface area (Å²) < 4.78 is 542. The van der Waals surface area contributed by atoms with Gasteiger partial charge in [-0.3, -0.25) is 4.79 Å². The summed E-state index contributed by atoms with van der Waals surface area (Å²) in [7, 11) is 0. The Morgan fingerprint density at radius 2 is 0.526 bits per heavy atom. The summed E-state index contributed by atoms with van der Waals surface area (Å²) >= 11 is -1.14. The molecule has 0 radical (unpaired) electrons. The number of alkyl halides is 39. The zero-order chi connectivity index (χ0) is 74.8. The van der Waals surface area contributed by atoms with Gasteiger partial charge >= 0.3 is 113 Å². The van der Waals surface area contributed by atoms with Crippen LogP contribution < -0.4 is 4.74 Å². The quantitative estimate of drug-likeness (QED) is 0.0281. The highest BCUT2D eigenvalue weighted by Crippen LogP contribution is 2.64. The highest BCUT2D eigenvalue weighted by molar-refractivity contribution is 7.99. The molecule has 1 rings (SSSR count). The van der Waals surface area contributed by atoms with Gasteiger partial charge in [-0.2, -0.15) is 207 Å². The topological polar surface area (TPSA) is 26.3 Å². The zero-order valence-electron chi connectivity index (χ0n) is 48.1. The fraction of sp³-hybridized carbons (Fsp3) is 0.863. The first-order chi connectivity index (χ1) is 42.3. The van der Waals surface area contributed by atoms with Crippen molar-refractivity contribution in [2.45, 2.75) is 254 Å². The number of esters is 1. The van der Waals surface area contributed by atoms with Crippen molar-refractivity contribution >= 4 is 41.3 Å². The summed E-state index contributed by atoms with van der Waals surface area (Å²) in [5.74, 6) is -131. The van der Waals surface area contributed by atoms with Crippen molar-refractivity contribution in [2.24, 2.45) is 0 Å². The molecule has 0 saturated carbocycles. The summed E-state index contributed by atoms with van der Waals surface area (Å²) in [5.41, 5.74) is -2.67. The van der Waals surface area contributed by atoms with Crippen molar-refractivity contribution in [1.29, 1.82) is 0 Å². The van der Waals surface area contributed by atoms with Crippen LogP contribution in [0.4, 0.5) is 171 Å². The molecule has 0 aliphatic carbocycles. The van der Waals surface area contributed by atoms with Gasteiger partial charge in [-0.1, -0.05) is 109 Å². The number of halogens is 39. The molecule has 0 saturated heterocycles. The van der Waals surface area contributed by atoms with Gasteiger partial charge in [-0.05, 0) is 29.2 Å². The van der Waals surface area contributed by atoms with Crippen LogP contribution in [0.2, 0.25) is 0 Å². The Balaban J connectivity index is 3.93. The second-order valence-corrected chi connectivity index (χ2v) is 24.6. The normalized spacial score (nSPS) is 15.1. The molecular weight excluding hydrogens is 1480 g/mol. The number of thioether (sulfide) groups is 3. The van der Waals surface area contributed by atoms with Gasteiger partial charge < -0.3 is 4.74 Å². The Hall–Kier alpha value is -2.99. The maximum Gasteiger partial charge on any atom is 0.460 e. The number of hydrogen-bond acceptors (Lipinski definition) is 5. The van der Waals surface area contributed by atoms with Crippen LogP contribution in [0.5, 0.6) is 5.75 Å². The fourth-order valence-corrected chi connectivity index (χ4v) is 11.0. The van der Waals surface area contributed by atoms with Gasteiger partial charge in [-0.15, -0.1) is 0 Å². The van der Waals surface area contributed by atoms with E-state index in [0.29, 0.717) is 31.4 Å². The van der Waals surface area contributed by atoms with E-state index in [-0.39, 0.29) is 24.6 Å². The molecular formula is C51H55F39O2S3. The van der Waals surface area contributed by atoms with Gasteiger partial charge in [0.1, 0.15) is 5.75 Å². The minimum atomic E-state index is -8.38. The summed E-state index contributed by atoms with van der Waals surface area (Å²) in [6.07, 6.45) is -21.6. The van der Waals surface area contributed by atoms with E-state index in [2.05, 4.69) is 0 Å². The average Bonchev–Trinajstić information content (AvgIpc) is 0.728. The lowest BCUT2D eigenvalue weighted by molar-refractivity contribution is -0.439. The Bertz CT molecular complexity index is 2440. The Morgan fingerprint density at radius 1 is 0.305 bits per heavy atom. The highest BCUT2D eigenvalue weighted by Gasteiger charge is 2.93. The van der Waals surface area contributed by atoms with E-state index in [9.17, 15) is 176 Å². The van der Waals surface area contributed by atoms with Gasteiger partial charge in [0.25, 0.3) is 0 Å². The van der Waals surface area contributed by atoms with E-state index in [0.717, 1.165) is 64.2 Å². The van der Waals surface area contributed by atoms with Crippen LogP contribution in [0.1, 0.15) is 146 Å². The zero-order valence-corrected chi connectivity index (χ0v) is 50.6. The highest BCUT2D eigenvalue weighted by atomic mass is 32.2. The lowest BCUT2D eigenvalue weighted by Crippen LogP contribution is -2.70. The van der Waals surface area contributed by atoms with Crippen LogP contribution in [0, 0.1) is 0 Å². The molecule has 95 heavy (non-hydrogen) atoms. The summed E-state index contributed by atoms with van der Waals surface area (Å²) in [6, 6.07) is 0.916. The third-order valence-electron chi connectivity index (χ3n) is 14.0. The number of hydrogen-bond donors (Lipinski definition) is 0. The van der Waals surface area contributed by atoms with Crippen molar-refractivity contribution in [3.8, 4) is 5.75 Å². The van der Waals surface area contributed by atoms with Crippen LogP contribution in [0.25, 0.3) is 0 Å². The number of benzene rings is 1. The van der Waals surface area contributed by atoms with Crippen molar-refractivity contribution in [1.82, 2.24) is 0 Å². The van der Waals surface area contributed by atoms with E-state index >= 15 is 0 Å². The smallest absolute Gasteiger partial charge is 0.426 e. The molecule has 0 atom stereocenters. The van der Waals surface area contributed by atoms with Crippen LogP contribution in [0.3, 0.4) is 0 Å². The Morgan fingerprint density at radius 3 is 0.768 bits per heavy atom. The Kier molecular flexibility index (Phi) is 30.6. The minimum absolute atomic E-state index is 0.151. The van der Waals surface area contributed by atoms with E-state index in [4.69, 9.17) is 4.74 Å². The van der Waals surface area contributed by atoms with Crippen LogP contribution >= 0.6 is 35.3 Å². The second kappa shape index (κ2) is 32.3. The molecule has 0 unspecified atom stereocenters. The molecule has 0 aromatic heterocycles. The molecule has 562 valence electrons. The number of carbonyl (C=O) groups excluding carboxylic acids is 1. The molecule has 0 aliphatic heterocycles. The van der Waals surface area contributed by atoms with Crippen molar-refractivity contribution in [3.63, 3.8) is 0 Å². The van der Waals surface area contributed by atoms with Crippen LogP contribution in [-0.4, -0.2) is 131 Å². The molecule has 0 N–H and O–H groups in total. The van der Waals surface area contributed by atoms with Crippen molar-refractivity contribution in [2.75, 3.05) is 17.3 Å². The van der Waals surface area contributed by atoms with Crippen LogP contribution in [-0.2, 0) is 22.1 Å². The summed E-state index contributed by atoms with van der Waals surface area (Å²) in [5, 5.41) is 0. The van der Waals surface area contributed by atoms with Crippen molar-refractivity contribution in [3.05, 3.63) is 28.8 Å². The van der Waals surface area contributed by atoms with E-state index < -0.39 is 220 Å². The van der Waals surface area contributed by atoms with E-state index in [1.165, 1.54) is 0 Å². The van der Waals surface area contributed by atoms with Gasteiger partial charge in [0.15, 0.2) is 0 Å². The number of rotatable bonds is 44. The van der Waals surface area contributed by atoms with Crippen LogP contribution in [0.15, 0.2) is 12.1 Å². The van der Waals surface area contributed by atoms with Gasteiger partial charge in [-0.25, -0.2) is 0 Å². The number of ether oxygens (including phenoxy) is 1. The predicted molar refractivity (Wildman–Crippen MR) is 266 cm³/mol. The third-order valence-corrected chi connectivity index (χ3v) is 17.0. The molecule has 0 heterocycles. The Labute approximate surface area is 526 Å². The predicted octanol–water partition coefficient (Wildman–Crippen LogP) is 23.9. The van der Waals surface area contributed by atoms with Gasteiger partial charge in [0.2, 0.25) is 0 Å². The van der Waals surface area contributed by atoms with E-state index in [1.807, 2.05) is 6.92 Å². The van der Waals surface area contributed by atoms with E-state index in [1.54, 1.807) is 0 Å². The maximum absolute atomic E-state index is 14.8. The SMILES string of the molecule is CCCCCCCCCCCCCCCCCC(=O)Oc1c(CSCCC(F)(F)C(F)(F)C(F)(F)C(F)(F)C(F)(F)C(F)(F)F)cc(CSCCC(F)(F)C(F)(F)C(F)(F)C(F)(F)C(F)(F)C(F)(F)F)cc1CSCCC(F)(F)C(F)(F)C(F)(F)C(F)(F)C(F)(F)C(F)(F)F. The van der Waals surface area contributed by atoms with Gasteiger partial charge in [0, 0.05) is 54.1 Å². The molecule has 0 aliphatic rings. The molecule has 0 amide bonds. The average molecular weight is 1540 g/mol. The number of carbonyl (C=O) groups is 1. The monoisotopic (exact) mass is 1540 g/mol. The second-order valence-electron chi connectivity index (χ2n) is 21.3.